The van der Waals surface area contributed by atoms with Gasteiger partial charge in [0, 0.05) is 21.4 Å². The first-order valence-electron chi connectivity index (χ1n) is 7.46. The van der Waals surface area contributed by atoms with Crippen molar-refractivity contribution in [2.24, 2.45) is 0 Å². The fraction of sp³-hybridized carbons (Fsp3) is 0.688. The summed E-state index contributed by atoms with van der Waals surface area (Å²) in [5, 5.41) is 0. The zero-order valence-electron chi connectivity index (χ0n) is 12.4. The number of carbonyl (C=O) groups is 1. The molecule has 2 rings (SSSR count). The number of carbonyl (C=O) groups excluding carboxylic acids is 1. The molecule has 0 spiro atoms. The Morgan fingerprint density at radius 1 is 1.37 bits per heavy atom. The lowest BCUT2D eigenvalue weighted by Gasteiger charge is -2.28. The molecule has 0 bridgehead atoms. The van der Waals surface area contributed by atoms with Gasteiger partial charge in [-0.05, 0) is 45.7 Å². The predicted octanol–water partition coefficient (Wildman–Crippen LogP) is 4.20. The molecule has 2 nitrogen and oxygen atoms in total. The van der Waals surface area contributed by atoms with Crippen molar-refractivity contribution in [1.82, 2.24) is 4.90 Å². The van der Waals surface area contributed by atoms with Gasteiger partial charge in [0.15, 0.2) is 5.78 Å². The van der Waals surface area contributed by atoms with Crippen molar-refractivity contribution in [3.05, 3.63) is 21.4 Å². The second-order valence-corrected chi connectivity index (χ2v) is 7.09. The molecule has 3 heteroatoms. The van der Waals surface area contributed by atoms with Crippen LogP contribution in [0.4, 0.5) is 0 Å². The molecule has 106 valence electrons. The molecule has 1 aliphatic rings. The topological polar surface area (TPSA) is 20.3 Å². The van der Waals surface area contributed by atoms with Crippen LogP contribution in [0.2, 0.25) is 0 Å². The highest BCUT2D eigenvalue weighted by Gasteiger charge is 2.23. The summed E-state index contributed by atoms with van der Waals surface area (Å²) in [7, 11) is 0. The maximum Gasteiger partial charge on any atom is 0.177 e. The van der Waals surface area contributed by atoms with Gasteiger partial charge in [0.2, 0.25) is 0 Å². The lowest BCUT2D eigenvalue weighted by Crippen LogP contribution is -2.38. The largest absolute Gasteiger partial charge is 0.293 e. The third-order valence-corrected chi connectivity index (χ3v) is 5.12. The van der Waals surface area contributed by atoms with E-state index in [1.807, 2.05) is 0 Å². The monoisotopic (exact) mass is 279 g/mol. The van der Waals surface area contributed by atoms with Crippen LogP contribution < -0.4 is 0 Å². The van der Waals surface area contributed by atoms with Crippen molar-refractivity contribution >= 4 is 17.1 Å². The van der Waals surface area contributed by atoms with Crippen LogP contribution in [0.1, 0.15) is 59.1 Å². The molecule has 0 aromatic carbocycles. The third kappa shape index (κ3) is 3.67. The average Bonchev–Trinajstić information content (AvgIpc) is 2.60. The minimum atomic E-state index is 0.308. The molecule has 2 heterocycles. The molecule has 0 amide bonds. The van der Waals surface area contributed by atoms with Crippen LogP contribution in [0, 0.1) is 13.8 Å². The van der Waals surface area contributed by atoms with E-state index in [4.69, 9.17) is 0 Å². The van der Waals surface area contributed by atoms with Crippen LogP contribution >= 0.6 is 11.3 Å². The van der Waals surface area contributed by atoms with Gasteiger partial charge in [-0.2, -0.15) is 0 Å². The van der Waals surface area contributed by atoms with Crippen LogP contribution in [0.3, 0.4) is 0 Å². The Bertz CT molecular complexity index is 438. The van der Waals surface area contributed by atoms with Gasteiger partial charge in [-0.15, -0.1) is 11.3 Å². The van der Waals surface area contributed by atoms with Crippen molar-refractivity contribution in [3.8, 4) is 0 Å². The summed E-state index contributed by atoms with van der Waals surface area (Å²) in [6.07, 6.45) is 6.29. The number of likely N-dealkylation sites (tertiary alicyclic amines) is 1. The van der Waals surface area contributed by atoms with Crippen LogP contribution in [0.5, 0.6) is 0 Å². The Balaban J connectivity index is 2.06. The summed E-state index contributed by atoms with van der Waals surface area (Å²) in [4.78, 5) is 17.3. The maximum absolute atomic E-state index is 12.5. The summed E-state index contributed by atoms with van der Waals surface area (Å²) >= 11 is 1.73. The molecule has 0 aliphatic carbocycles. The second kappa shape index (κ2) is 6.67. The highest BCUT2D eigenvalue weighted by molar-refractivity contribution is 7.12. The smallest absolute Gasteiger partial charge is 0.177 e. The van der Waals surface area contributed by atoms with Crippen molar-refractivity contribution in [1.29, 1.82) is 0 Å². The Morgan fingerprint density at radius 2 is 2.16 bits per heavy atom. The van der Waals surface area contributed by atoms with Crippen LogP contribution in [0.25, 0.3) is 0 Å². The molecule has 1 aliphatic heterocycles. The van der Waals surface area contributed by atoms with E-state index >= 15 is 0 Å². The highest BCUT2D eigenvalue weighted by Crippen LogP contribution is 2.23. The fourth-order valence-electron chi connectivity index (χ4n) is 3.08. The Labute approximate surface area is 120 Å². The van der Waals surface area contributed by atoms with Crippen molar-refractivity contribution in [2.45, 2.75) is 58.9 Å². The predicted molar refractivity (Wildman–Crippen MR) is 82.2 cm³/mol. The molecule has 1 aromatic rings. The molecule has 0 saturated carbocycles. The van der Waals surface area contributed by atoms with Crippen molar-refractivity contribution in [2.75, 3.05) is 13.1 Å². The quantitative estimate of drug-likeness (QED) is 0.770. The van der Waals surface area contributed by atoms with Crippen molar-refractivity contribution < 1.29 is 4.79 Å². The molecule has 0 N–H and O–H groups in total. The molecule has 1 unspecified atom stereocenters. The fourth-order valence-corrected chi connectivity index (χ4v) is 4.03. The first-order valence-corrected chi connectivity index (χ1v) is 8.27. The Morgan fingerprint density at radius 3 is 2.79 bits per heavy atom. The lowest BCUT2D eigenvalue weighted by atomic mass is 10.1. The summed E-state index contributed by atoms with van der Waals surface area (Å²) in [5.74, 6) is 0.308. The summed E-state index contributed by atoms with van der Waals surface area (Å²) in [6.45, 7) is 8.08. The van der Waals surface area contributed by atoms with Gasteiger partial charge >= 0.3 is 0 Å². The van der Waals surface area contributed by atoms with E-state index in [9.17, 15) is 4.79 Å². The number of hydrogen-bond donors (Lipinski definition) is 0. The van der Waals surface area contributed by atoms with Gasteiger partial charge in [-0.25, -0.2) is 0 Å². The summed E-state index contributed by atoms with van der Waals surface area (Å²) < 4.78 is 0. The number of thiophene rings is 1. The molecule has 1 fully saturated rings. The van der Waals surface area contributed by atoms with Crippen LogP contribution in [-0.4, -0.2) is 29.8 Å². The van der Waals surface area contributed by atoms with Crippen LogP contribution in [-0.2, 0) is 0 Å². The van der Waals surface area contributed by atoms with Gasteiger partial charge in [-0.1, -0.05) is 19.8 Å². The number of aryl methyl sites for hydroxylation is 2. The van der Waals surface area contributed by atoms with Crippen LogP contribution in [0.15, 0.2) is 6.07 Å². The zero-order valence-corrected chi connectivity index (χ0v) is 13.2. The van der Waals surface area contributed by atoms with Gasteiger partial charge in [-0.3, -0.25) is 9.69 Å². The minimum Gasteiger partial charge on any atom is -0.293 e. The molecular weight excluding hydrogens is 254 g/mol. The number of Topliss-reactive ketones (excluding diaryl/α,β-unsaturated/α-hetero) is 1. The second-order valence-electron chi connectivity index (χ2n) is 5.63. The average molecular weight is 279 g/mol. The number of ketones is 1. The van der Waals surface area contributed by atoms with Crippen molar-refractivity contribution in [3.63, 3.8) is 0 Å². The SMILES string of the molecule is CCC1CCCCCN1CC(=O)c1cc(C)sc1C. The first kappa shape index (κ1) is 14.7. The van der Waals surface area contributed by atoms with Gasteiger partial charge in [0.1, 0.15) is 0 Å². The molecule has 1 atom stereocenters. The normalized spacial score (nSPS) is 21.3. The van der Waals surface area contributed by atoms with E-state index in [0.717, 1.165) is 18.5 Å². The zero-order chi connectivity index (χ0) is 13.8. The molecule has 19 heavy (non-hydrogen) atoms. The number of hydrogen-bond acceptors (Lipinski definition) is 3. The lowest BCUT2D eigenvalue weighted by molar-refractivity contribution is 0.0890. The first-order chi connectivity index (χ1) is 9.11. The number of nitrogens with zero attached hydrogens (tertiary/aromatic N) is 1. The van der Waals surface area contributed by atoms with E-state index in [0.29, 0.717) is 18.4 Å². The van der Waals surface area contributed by atoms with E-state index < -0.39 is 0 Å². The summed E-state index contributed by atoms with van der Waals surface area (Å²) in [6, 6.07) is 2.66. The van der Waals surface area contributed by atoms with Gasteiger partial charge < -0.3 is 0 Å². The van der Waals surface area contributed by atoms with E-state index in [1.54, 1.807) is 11.3 Å². The standard InChI is InChI=1S/C16H25NOS/c1-4-14-8-6-5-7-9-17(14)11-16(18)15-10-12(2)19-13(15)3/h10,14H,4-9,11H2,1-3H3. The van der Waals surface area contributed by atoms with E-state index in [1.165, 1.54) is 35.4 Å². The molecule has 1 saturated heterocycles. The highest BCUT2D eigenvalue weighted by atomic mass is 32.1. The Kier molecular flexibility index (Phi) is 5.17. The molecule has 1 aromatic heterocycles. The molecule has 0 radical (unpaired) electrons. The minimum absolute atomic E-state index is 0.308. The van der Waals surface area contributed by atoms with E-state index in [2.05, 4.69) is 31.7 Å². The third-order valence-electron chi connectivity index (χ3n) is 4.16. The Hall–Kier alpha value is -0.670. The summed E-state index contributed by atoms with van der Waals surface area (Å²) in [5.41, 5.74) is 0.946. The van der Waals surface area contributed by atoms with Gasteiger partial charge in [0.05, 0.1) is 6.54 Å². The van der Waals surface area contributed by atoms with E-state index in [-0.39, 0.29) is 0 Å². The van der Waals surface area contributed by atoms with Gasteiger partial charge in [0.25, 0.3) is 0 Å². The molecular formula is C16H25NOS. The maximum atomic E-state index is 12.5. The number of rotatable bonds is 4.